The molecule has 96 heavy (non-hydrogen) atoms. The molecule has 0 amide bonds. The third-order valence-electron chi connectivity index (χ3n) is 18.5. The van der Waals surface area contributed by atoms with Crippen molar-refractivity contribution in [1.82, 2.24) is 0 Å². The molecule has 0 saturated heterocycles. The number of carbonyl (C=O) groups excluding carboxylic acids is 4. The molecule has 570 valence electrons. The van der Waals surface area contributed by atoms with E-state index in [0.29, 0.717) is 25.7 Å². The Hall–Kier alpha value is -1.94. The summed E-state index contributed by atoms with van der Waals surface area (Å²) in [6.45, 7) is 14.2. The van der Waals surface area contributed by atoms with Gasteiger partial charge in [0.05, 0.1) is 26.4 Å². The molecule has 19 heteroatoms. The zero-order valence-corrected chi connectivity index (χ0v) is 64.8. The molecule has 0 aromatic heterocycles. The molecule has 0 aromatic rings. The molecule has 0 bridgehead atoms. The maximum absolute atomic E-state index is 13.1. The van der Waals surface area contributed by atoms with Gasteiger partial charge >= 0.3 is 39.5 Å². The Balaban J connectivity index is 5.19. The topological polar surface area (TPSA) is 237 Å². The van der Waals surface area contributed by atoms with E-state index in [2.05, 4.69) is 55.4 Å². The van der Waals surface area contributed by atoms with Crippen molar-refractivity contribution in [1.29, 1.82) is 0 Å². The summed E-state index contributed by atoms with van der Waals surface area (Å²) in [5, 5.41) is 10.6. The predicted octanol–water partition coefficient (Wildman–Crippen LogP) is 22.4. The lowest BCUT2D eigenvalue weighted by Gasteiger charge is -2.21. The Morgan fingerprint density at radius 3 is 0.740 bits per heavy atom. The Bertz CT molecular complexity index is 1890. The van der Waals surface area contributed by atoms with Crippen LogP contribution in [0.2, 0.25) is 0 Å². The average Bonchev–Trinajstić information content (AvgIpc) is 1.14. The Labute approximate surface area is 588 Å². The van der Waals surface area contributed by atoms with E-state index in [1.54, 1.807) is 0 Å². The number of phosphoric ester groups is 2. The van der Waals surface area contributed by atoms with E-state index in [4.69, 9.17) is 37.0 Å². The zero-order valence-electron chi connectivity index (χ0n) is 63.0. The fraction of sp³-hybridized carbons (Fsp3) is 0.948. The van der Waals surface area contributed by atoms with Crippen molar-refractivity contribution >= 4 is 39.5 Å². The van der Waals surface area contributed by atoms with Gasteiger partial charge in [-0.2, -0.15) is 0 Å². The summed E-state index contributed by atoms with van der Waals surface area (Å²) < 4.78 is 68.5. The second kappa shape index (κ2) is 66.3. The standard InChI is InChI=1S/C77H150O17P2/c1-9-69(7)55-47-39-31-24-21-22-26-34-43-51-59-76(81)93-72(63-87-74(79)57-49-41-32-25-20-18-16-14-12-11-13-15-17-19-23-29-37-45-53-67(3)4)65-91-95(83,84)89-61-71(78)62-90-96(85,86)92-66-73(94-77(82)60-52-44-36-35-40-48-56-70(8)10-2)64-88-75(80)58-50-42-33-28-27-30-38-46-54-68(5)6/h67-73,78H,9-66H2,1-8H3,(H,83,84)(H,85,86)/t69?,70?,71?,72-,73-/m1/s1. The van der Waals surface area contributed by atoms with Gasteiger partial charge in [-0.05, 0) is 49.4 Å². The number of carbonyl (C=O) groups is 4. The maximum Gasteiger partial charge on any atom is 0.472 e. The van der Waals surface area contributed by atoms with Crippen LogP contribution in [0.25, 0.3) is 0 Å². The van der Waals surface area contributed by atoms with Gasteiger partial charge in [-0.1, -0.05) is 338 Å². The fourth-order valence-corrected chi connectivity index (χ4v) is 13.2. The van der Waals surface area contributed by atoms with Crippen LogP contribution in [0.4, 0.5) is 0 Å². The Morgan fingerprint density at radius 2 is 0.500 bits per heavy atom. The number of hydrogen-bond donors (Lipinski definition) is 3. The van der Waals surface area contributed by atoms with E-state index in [0.717, 1.165) is 114 Å². The molecule has 0 spiro atoms. The predicted molar refractivity (Wildman–Crippen MR) is 391 cm³/mol. The number of rotatable bonds is 74. The largest absolute Gasteiger partial charge is 0.472 e. The number of ether oxygens (including phenoxy) is 4. The van der Waals surface area contributed by atoms with Crippen LogP contribution in [0, 0.1) is 23.7 Å². The minimum absolute atomic E-state index is 0.102. The van der Waals surface area contributed by atoms with E-state index in [1.807, 2.05) is 0 Å². The lowest BCUT2D eigenvalue weighted by atomic mass is 9.99. The average molecular weight is 1410 g/mol. The second-order valence-electron chi connectivity index (χ2n) is 29.2. The monoisotopic (exact) mass is 1410 g/mol. The van der Waals surface area contributed by atoms with Gasteiger partial charge < -0.3 is 33.8 Å². The molecule has 0 aromatic carbocycles. The van der Waals surface area contributed by atoms with Crippen LogP contribution in [-0.2, 0) is 65.4 Å². The zero-order chi connectivity index (χ0) is 71.0. The molecule has 0 radical (unpaired) electrons. The van der Waals surface area contributed by atoms with Gasteiger partial charge in [0.25, 0.3) is 0 Å². The van der Waals surface area contributed by atoms with Gasteiger partial charge in [0, 0.05) is 25.7 Å². The molecule has 0 fully saturated rings. The van der Waals surface area contributed by atoms with Gasteiger partial charge in [-0.25, -0.2) is 9.13 Å². The van der Waals surface area contributed by atoms with E-state index in [1.165, 1.54) is 193 Å². The highest BCUT2D eigenvalue weighted by Crippen LogP contribution is 2.45. The quantitative estimate of drug-likeness (QED) is 0.0222. The first-order valence-corrected chi connectivity index (χ1v) is 42.8. The summed E-state index contributed by atoms with van der Waals surface area (Å²) in [5.74, 6) is 0.949. The van der Waals surface area contributed by atoms with E-state index < -0.39 is 97.5 Å². The van der Waals surface area contributed by atoms with Gasteiger partial charge in [0.2, 0.25) is 0 Å². The van der Waals surface area contributed by atoms with Crippen molar-refractivity contribution in [3.8, 4) is 0 Å². The minimum Gasteiger partial charge on any atom is -0.462 e. The molecule has 0 saturated carbocycles. The van der Waals surface area contributed by atoms with E-state index in [-0.39, 0.29) is 25.7 Å². The minimum atomic E-state index is -4.96. The van der Waals surface area contributed by atoms with Gasteiger partial charge in [-0.3, -0.25) is 37.3 Å². The van der Waals surface area contributed by atoms with Crippen molar-refractivity contribution in [2.75, 3.05) is 39.6 Å². The van der Waals surface area contributed by atoms with Crippen molar-refractivity contribution in [2.24, 2.45) is 23.7 Å². The maximum atomic E-state index is 13.1. The Kier molecular flexibility index (Phi) is 65.0. The summed E-state index contributed by atoms with van der Waals surface area (Å²) in [6.07, 6.45) is 51.5. The SMILES string of the molecule is CCC(C)CCCCCCCCCCCCC(=O)O[C@H](COC(=O)CCCCCCCCCCCCCCCCCCCCC(C)C)COP(=O)(O)OCC(O)COP(=O)(O)OC[C@@H](COC(=O)CCCCCCCCCCC(C)C)OC(=O)CCCCCCCCC(C)CC. The third-order valence-corrected chi connectivity index (χ3v) is 20.4. The Morgan fingerprint density at radius 1 is 0.292 bits per heavy atom. The fourth-order valence-electron chi connectivity index (χ4n) is 11.7. The third kappa shape index (κ3) is 67.9. The van der Waals surface area contributed by atoms with Crippen LogP contribution >= 0.6 is 15.6 Å². The summed E-state index contributed by atoms with van der Waals surface area (Å²) in [6, 6.07) is 0. The summed E-state index contributed by atoms with van der Waals surface area (Å²) >= 11 is 0. The van der Waals surface area contributed by atoms with Crippen molar-refractivity contribution in [3.05, 3.63) is 0 Å². The molecule has 3 N–H and O–H groups in total. The first-order chi connectivity index (χ1) is 46.2. The van der Waals surface area contributed by atoms with Crippen LogP contribution in [0.5, 0.6) is 0 Å². The van der Waals surface area contributed by atoms with Crippen LogP contribution in [0.15, 0.2) is 0 Å². The summed E-state index contributed by atoms with van der Waals surface area (Å²) in [5.41, 5.74) is 0. The normalized spacial score (nSPS) is 14.7. The molecule has 0 aliphatic heterocycles. The molecular formula is C77H150O17P2. The highest BCUT2D eigenvalue weighted by atomic mass is 31.2. The van der Waals surface area contributed by atoms with Crippen molar-refractivity contribution in [2.45, 2.75) is 408 Å². The van der Waals surface area contributed by atoms with Crippen molar-refractivity contribution < 1.29 is 80.2 Å². The lowest BCUT2D eigenvalue weighted by Crippen LogP contribution is -2.30. The summed E-state index contributed by atoms with van der Waals surface area (Å²) in [7, 11) is -9.91. The van der Waals surface area contributed by atoms with E-state index >= 15 is 0 Å². The highest BCUT2D eigenvalue weighted by molar-refractivity contribution is 7.47. The van der Waals surface area contributed by atoms with Gasteiger partial charge in [0.1, 0.15) is 19.3 Å². The number of hydrogen-bond acceptors (Lipinski definition) is 15. The number of aliphatic hydroxyl groups excluding tert-OH is 1. The number of unbranched alkanes of at least 4 members (excludes halogenated alkanes) is 38. The van der Waals surface area contributed by atoms with Gasteiger partial charge in [0.15, 0.2) is 12.2 Å². The summed E-state index contributed by atoms with van der Waals surface area (Å²) in [4.78, 5) is 72.8. The molecular weight excluding hydrogens is 1260 g/mol. The number of phosphoric acid groups is 2. The highest BCUT2D eigenvalue weighted by Gasteiger charge is 2.30. The molecule has 17 nitrogen and oxygen atoms in total. The van der Waals surface area contributed by atoms with Crippen LogP contribution in [0.1, 0.15) is 389 Å². The van der Waals surface area contributed by atoms with Gasteiger partial charge in [-0.15, -0.1) is 0 Å². The van der Waals surface area contributed by atoms with Crippen LogP contribution < -0.4 is 0 Å². The van der Waals surface area contributed by atoms with E-state index in [9.17, 15) is 43.2 Å². The number of esters is 4. The molecule has 0 rings (SSSR count). The molecule has 5 unspecified atom stereocenters. The molecule has 0 aliphatic carbocycles. The lowest BCUT2D eigenvalue weighted by molar-refractivity contribution is -0.161. The molecule has 0 aliphatic rings. The van der Waals surface area contributed by atoms with Crippen molar-refractivity contribution in [3.63, 3.8) is 0 Å². The van der Waals surface area contributed by atoms with Crippen LogP contribution in [0.3, 0.4) is 0 Å². The van der Waals surface area contributed by atoms with Crippen LogP contribution in [-0.4, -0.2) is 96.7 Å². The molecule has 0 heterocycles. The molecule has 7 atom stereocenters. The first-order valence-electron chi connectivity index (χ1n) is 39.8. The number of aliphatic hydroxyl groups is 1. The smallest absolute Gasteiger partial charge is 0.462 e. The first kappa shape index (κ1) is 94.1. The second-order valence-corrected chi connectivity index (χ2v) is 32.1.